The van der Waals surface area contributed by atoms with E-state index in [0.29, 0.717) is 37.2 Å². The Labute approximate surface area is 123 Å². The van der Waals surface area contributed by atoms with Crippen molar-refractivity contribution in [2.24, 2.45) is 0 Å². The highest BCUT2D eigenvalue weighted by molar-refractivity contribution is 6.21. The summed E-state index contributed by atoms with van der Waals surface area (Å²) in [4.78, 5) is 37.9. The second-order valence-corrected chi connectivity index (χ2v) is 4.92. The van der Waals surface area contributed by atoms with Gasteiger partial charge in [0.1, 0.15) is 0 Å². The lowest BCUT2D eigenvalue weighted by Crippen LogP contribution is -2.35. The smallest absolute Gasteiger partial charge is 0.317 e. The average Bonchev–Trinajstić information content (AvgIpc) is 2.71. The molecule has 0 aliphatic carbocycles. The molecule has 0 unspecified atom stereocenters. The molecule has 1 aromatic carbocycles. The van der Waals surface area contributed by atoms with Gasteiger partial charge in [0.05, 0.1) is 17.7 Å². The minimum absolute atomic E-state index is 0.0291. The predicted octanol–water partition coefficient (Wildman–Crippen LogP) is 1.08. The van der Waals surface area contributed by atoms with Crippen LogP contribution in [0.1, 0.15) is 34.1 Å². The van der Waals surface area contributed by atoms with Crippen LogP contribution >= 0.6 is 0 Å². The molecule has 1 aliphatic heterocycles. The predicted molar refractivity (Wildman–Crippen MR) is 76.2 cm³/mol. The van der Waals surface area contributed by atoms with Crippen molar-refractivity contribution in [1.29, 1.82) is 0 Å². The van der Waals surface area contributed by atoms with Gasteiger partial charge in [-0.25, -0.2) is 0 Å². The fraction of sp³-hybridized carbons (Fsp3) is 0.400. The Morgan fingerprint density at radius 2 is 1.76 bits per heavy atom. The van der Waals surface area contributed by atoms with Crippen LogP contribution in [0.5, 0.6) is 0 Å². The van der Waals surface area contributed by atoms with E-state index in [9.17, 15) is 14.4 Å². The number of rotatable bonds is 7. The van der Waals surface area contributed by atoms with Gasteiger partial charge in [-0.15, -0.1) is 0 Å². The average molecular weight is 290 g/mol. The Morgan fingerprint density at radius 3 is 2.24 bits per heavy atom. The van der Waals surface area contributed by atoms with Crippen molar-refractivity contribution in [2.45, 2.75) is 13.3 Å². The lowest BCUT2D eigenvalue weighted by molar-refractivity contribution is -0.138. The minimum Gasteiger partial charge on any atom is -0.480 e. The summed E-state index contributed by atoms with van der Waals surface area (Å²) >= 11 is 0. The molecular weight excluding hydrogens is 272 g/mol. The van der Waals surface area contributed by atoms with Gasteiger partial charge >= 0.3 is 5.97 Å². The molecule has 0 spiro atoms. The van der Waals surface area contributed by atoms with Crippen LogP contribution in [0.15, 0.2) is 24.3 Å². The van der Waals surface area contributed by atoms with E-state index in [2.05, 4.69) is 0 Å². The first-order valence-electron chi connectivity index (χ1n) is 6.94. The number of amides is 2. The third-order valence-electron chi connectivity index (χ3n) is 3.54. The van der Waals surface area contributed by atoms with Crippen LogP contribution in [-0.2, 0) is 4.79 Å². The Morgan fingerprint density at radius 1 is 1.19 bits per heavy atom. The summed E-state index contributed by atoms with van der Waals surface area (Å²) in [5.74, 6) is -1.41. The topological polar surface area (TPSA) is 77.9 Å². The molecule has 0 atom stereocenters. The van der Waals surface area contributed by atoms with Crippen molar-refractivity contribution >= 4 is 17.8 Å². The maximum atomic E-state index is 12.1. The van der Waals surface area contributed by atoms with Crippen LogP contribution in [0.25, 0.3) is 0 Å². The second-order valence-electron chi connectivity index (χ2n) is 4.92. The number of hydrogen-bond donors (Lipinski definition) is 1. The molecule has 0 fully saturated rings. The zero-order valence-electron chi connectivity index (χ0n) is 11.9. The molecule has 0 radical (unpaired) electrons. The summed E-state index contributed by atoms with van der Waals surface area (Å²) < 4.78 is 0. The molecule has 1 aromatic rings. The first-order valence-corrected chi connectivity index (χ1v) is 6.94. The Hall–Kier alpha value is -2.21. The van der Waals surface area contributed by atoms with Crippen LogP contribution < -0.4 is 0 Å². The van der Waals surface area contributed by atoms with Crippen LogP contribution in [0.3, 0.4) is 0 Å². The van der Waals surface area contributed by atoms with Crippen LogP contribution in [0.4, 0.5) is 0 Å². The number of carbonyl (C=O) groups is 3. The molecule has 1 heterocycles. The number of carboxylic acid groups (broad SMARTS) is 1. The Kier molecular flexibility index (Phi) is 4.70. The Bertz CT molecular complexity index is 536. The summed E-state index contributed by atoms with van der Waals surface area (Å²) in [6, 6.07) is 6.77. The van der Waals surface area contributed by atoms with Crippen molar-refractivity contribution in [3.63, 3.8) is 0 Å². The maximum absolute atomic E-state index is 12.1. The molecule has 1 N–H and O–H groups in total. The van der Waals surface area contributed by atoms with Gasteiger partial charge < -0.3 is 5.11 Å². The van der Waals surface area contributed by atoms with E-state index >= 15 is 0 Å². The van der Waals surface area contributed by atoms with Gasteiger partial charge in [-0.3, -0.25) is 24.2 Å². The molecule has 0 aromatic heterocycles. The molecule has 1 aliphatic rings. The quantitative estimate of drug-likeness (QED) is 0.760. The lowest BCUT2D eigenvalue weighted by Gasteiger charge is -2.20. The number of imide groups is 1. The molecule has 2 rings (SSSR count). The highest BCUT2D eigenvalue weighted by Crippen LogP contribution is 2.22. The third-order valence-corrected chi connectivity index (χ3v) is 3.54. The number of carboxylic acids is 1. The van der Waals surface area contributed by atoms with Gasteiger partial charge in [-0.05, 0) is 25.1 Å². The number of aliphatic carboxylic acids is 1. The molecular formula is C15H18N2O4. The maximum Gasteiger partial charge on any atom is 0.317 e. The molecule has 6 heteroatoms. The SMILES string of the molecule is CCN(CCCN1C(=O)c2ccccc2C1=O)CC(=O)O. The number of likely N-dealkylation sites (N-methyl/N-ethyl adjacent to an activating group) is 1. The van der Waals surface area contributed by atoms with Crippen molar-refractivity contribution < 1.29 is 19.5 Å². The lowest BCUT2D eigenvalue weighted by atomic mass is 10.1. The van der Waals surface area contributed by atoms with Crippen molar-refractivity contribution in [1.82, 2.24) is 9.80 Å². The highest BCUT2D eigenvalue weighted by atomic mass is 16.4. The first-order chi connectivity index (χ1) is 10.0. The molecule has 0 saturated carbocycles. The number of benzene rings is 1. The fourth-order valence-electron chi connectivity index (χ4n) is 2.43. The van der Waals surface area contributed by atoms with Crippen LogP contribution in [0, 0.1) is 0 Å². The number of fused-ring (bicyclic) bond motifs is 1. The summed E-state index contributed by atoms with van der Waals surface area (Å²) in [6.07, 6.45) is 0.562. The monoisotopic (exact) mass is 290 g/mol. The second kappa shape index (κ2) is 6.49. The number of carbonyl (C=O) groups excluding carboxylic acids is 2. The van der Waals surface area contributed by atoms with Gasteiger partial charge in [0.25, 0.3) is 11.8 Å². The van der Waals surface area contributed by atoms with Gasteiger partial charge in [0.2, 0.25) is 0 Å². The van der Waals surface area contributed by atoms with Gasteiger partial charge in [0.15, 0.2) is 0 Å². The number of nitrogens with zero attached hydrogens (tertiary/aromatic N) is 2. The largest absolute Gasteiger partial charge is 0.480 e. The molecule has 6 nitrogen and oxygen atoms in total. The summed E-state index contributed by atoms with van der Waals surface area (Å²) in [6.45, 7) is 3.32. The zero-order valence-corrected chi connectivity index (χ0v) is 11.9. The van der Waals surface area contributed by atoms with E-state index in [0.717, 1.165) is 0 Å². The van der Waals surface area contributed by atoms with Gasteiger partial charge in [-0.2, -0.15) is 0 Å². The molecule has 0 bridgehead atoms. The Balaban J connectivity index is 1.92. The standard InChI is InChI=1S/C15H18N2O4/c1-2-16(10-13(18)19)8-5-9-17-14(20)11-6-3-4-7-12(11)15(17)21/h3-4,6-7H,2,5,8-10H2,1H3,(H,18,19). The summed E-state index contributed by atoms with van der Waals surface area (Å²) in [7, 11) is 0. The first kappa shape index (κ1) is 15.2. The van der Waals surface area contributed by atoms with E-state index in [1.54, 1.807) is 29.2 Å². The van der Waals surface area contributed by atoms with Crippen molar-refractivity contribution in [3.05, 3.63) is 35.4 Å². The molecule has 112 valence electrons. The van der Waals surface area contributed by atoms with Crippen molar-refractivity contribution in [3.8, 4) is 0 Å². The van der Waals surface area contributed by atoms with Crippen LogP contribution in [-0.4, -0.2) is 58.9 Å². The fourth-order valence-corrected chi connectivity index (χ4v) is 2.43. The zero-order chi connectivity index (χ0) is 15.4. The van der Waals surface area contributed by atoms with Gasteiger partial charge in [0, 0.05) is 13.1 Å². The van der Waals surface area contributed by atoms with E-state index in [-0.39, 0.29) is 18.4 Å². The highest BCUT2D eigenvalue weighted by Gasteiger charge is 2.34. The third kappa shape index (κ3) is 3.28. The van der Waals surface area contributed by atoms with Crippen molar-refractivity contribution in [2.75, 3.05) is 26.2 Å². The normalized spacial score (nSPS) is 13.9. The summed E-state index contributed by atoms with van der Waals surface area (Å²) in [5, 5.41) is 8.77. The number of hydrogen-bond acceptors (Lipinski definition) is 4. The molecule has 21 heavy (non-hydrogen) atoms. The minimum atomic E-state index is -0.877. The van der Waals surface area contributed by atoms with Crippen LogP contribution in [0.2, 0.25) is 0 Å². The van der Waals surface area contributed by atoms with E-state index in [4.69, 9.17) is 5.11 Å². The van der Waals surface area contributed by atoms with E-state index in [1.165, 1.54) is 4.90 Å². The molecule has 2 amide bonds. The van der Waals surface area contributed by atoms with E-state index < -0.39 is 5.97 Å². The van der Waals surface area contributed by atoms with E-state index in [1.807, 2.05) is 6.92 Å². The summed E-state index contributed by atoms with van der Waals surface area (Å²) in [5.41, 5.74) is 0.890. The molecule has 0 saturated heterocycles. The van der Waals surface area contributed by atoms with Gasteiger partial charge in [-0.1, -0.05) is 19.1 Å².